The fourth-order valence-corrected chi connectivity index (χ4v) is 7.97. The monoisotopic (exact) mass is 597 g/mol. The van der Waals surface area contributed by atoms with Crippen molar-refractivity contribution in [2.45, 2.75) is 136 Å². The Kier molecular flexibility index (Phi) is 15.8. The van der Waals surface area contributed by atoms with Crippen LogP contribution in [0.5, 0.6) is 0 Å². The van der Waals surface area contributed by atoms with Gasteiger partial charge < -0.3 is 18.1 Å². The summed E-state index contributed by atoms with van der Waals surface area (Å²) in [6, 6.07) is 0. The van der Waals surface area contributed by atoms with Crippen molar-refractivity contribution in [2.24, 2.45) is 17.0 Å². The van der Waals surface area contributed by atoms with Gasteiger partial charge >= 0.3 is 0 Å². The zero-order chi connectivity index (χ0) is 29.7. The van der Waals surface area contributed by atoms with Gasteiger partial charge in [0.15, 0.2) is 16.6 Å². The Hall–Kier alpha value is -1.01. The first-order chi connectivity index (χ1) is 18.0. The molecule has 0 aliphatic heterocycles. The number of oxime groups is 1. The van der Waals surface area contributed by atoms with Gasteiger partial charge in [-0.3, -0.25) is 4.79 Å². The van der Waals surface area contributed by atoms with Crippen molar-refractivity contribution in [3.63, 3.8) is 0 Å². The average Bonchev–Trinajstić information content (AvgIpc) is 3.06. The predicted molar refractivity (Wildman–Crippen MR) is 173 cm³/mol. The van der Waals surface area contributed by atoms with Crippen LogP contribution in [0, 0.1) is 11.8 Å². The summed E-state index contributed by atoms with van der Waals surface area (Å²) in [5.41, 5.74) is 1.08. The van der Waals surface area contributed by atoms with Crippen LogP contribution in [0.1, 0.15) is 64.7 Å². The lowest BCUT2D eigenvalue weighted by Gasteiger charge is -2.29. The van der Waals surface area contributed by atoms with E-state index >= 15 is 0 Å². The van der Waals surface area contributed by atoms with Gasteiger partial charge in [0.1, 0.15) is 7.11 Å². The van der Waals surface area contributed by atoms with Crippen molar-refractivity contribution in [2.75, 3.05) is 7.11 Å². The Morgan fingerprint density at radius 3 is 2.23 bits per heavy atom. The molecule has 0 N–H and O–H groups in total. The number of unbranched alkanes of at least 4 members (excludes halogenated alkanes) is 3. The van der Waals surface area contributed by atoms with Gasteiger partial charge in [-0.05, 0) is 84.6 Å². The van der Waals surface area contributed by atoms with Gasteiger partial charge in [-0.1, -0.05) is 55.6 Å². The van der Waals surface area contributed by atoms with Crippen LogP contribution in [0.2, 0.25) is 58.9 Å². The first kappa shape index (κ1) is 36.0. The van der Waals surface area contributed by atoms with Crippen molar-refractivity contribution < 1.29 is 22.9 Å². The molecule has 1 saturated carbocycles. The third-order valence-electron chi connectivity index (χ3n) is 6.32. The van der Waals surface area contributed by atoms with E-state index in [1.165, 1.54) is 19.3 Å². The topological polar surface area (TPSA) is 66.4 Å². The summed E-state index contributed by atoms with van der Waals surface area (Å²) < 4.78 is 18.8. The first-order valence-corrected chi connectivity index (χ1v) is 25.3. The molecule has 0 amide bonds. The molecule has 0 aromatic rings. The minimum atomic E-state index is -1.81. The second-order valence-corrected chi connectivity index (χ2v) is 27.1. The average molecular weight is 598 g/mol. The maximum Gasteiger partial charge on any atom is 0.292 e. The number of carbonyl (C=O) groups excluding carboxylic acids is 1. The highest BCUT2D eigenvalue weighted by atomic mass is 28.4. The quantitative estimate of drug-likeness (QED) is 0.0684. The largest absolute Gasteiger partial charge is 0.520 e. The summed E-state index contributed by atoms with van der Waals surface area (Å²) in [4.78, 5) is 17.3. The summed E-state index contributed by atoms with van der Waals surface area (Å²) >= 11 is 0. The van der Waals surface area contributed by atoms with Crippen LogP contribution >= 0.6 is 0 Å². The molecule has 0 bridgehead atoms. The maximum atomic E-state index is 12.0. The van der Waals surface area contributed by atoms with E-state index in [4.69, 9.17) is 18.1 Å². The Labute approximate surface area is 243 Å². The van der Waals surface area contributed by atoms with E-state index < -0.39 is 25.0 Å². The highest BCUT2D eigenvalue weighted by Crippen LogP contribution is 2.38. The van der Waals surface area contributed by atoms with Crippen molar-refractivity contribution in [1.82, 2.24) is 0 Å². The van der Waals surface area contributed by atoms with Gasteiger partial charge in [0.05, 0.1) is 17.9 Å². The van der Waals surface area contributed by atoms with Gasteiger partial charge in [-0.2, -0.15) is 0 Å². The number of nitrogens with zero attached hydrogens (tertiary/aromatic N) is 1. The lowest BCUT2D eigenvalue weighted by Crippen LogP contribution is -2.35. The lowest BCUT2D eigenvalue weighted by molar-refractivity contribution is -0.135. The number of hydrogen-bond donors (Lipinski definition) is 0. The highest BCUT2D eigenvalue weighted by molar-refractivity contribution is 6.71. The first-order valence-electron chi connectivity index (χ1n) is 15.1. The van der Waals surface area contributed by atoms with E-state index in [-0.39, 0.29) is 30.0 Å². The van der Waals surface area contributed by atoms with Crippen molar-refractivity contribution in [1.29, 1.82) is 0 Å². The molecule has 9 heteroatoms. The number of allylic oxidation sites excluding steroid dienone is 2. The molecule has 1 fully saturated rings. The van der Waals surface area contributed by atoms with Crippen LogP contribution < -0.4 is 0 Å². The third-order valence-corrected chi connectivity index (χ3v) is 9.18. The molecule has 0 saturated heterocycles. The normalized spacial score (nSPS) is 22.7. The van der Waals surface area contributed by atoms with E-state index in [1.807, 2.05) is 19.6 Å². The fraction of sp³-hybridized carbons (Fsp3) is 0.800. The summed E-state index contributed by atoms with van der Waals surface area (Å²) in [5, 5.41) is 4.46. The van der Waals surface area contributed by atoms with E-state index in [1.54, 1.807) is 7.11 Å². The van der Waals surface area contributed by atoms with Crippen molar-refractivity contribution in [3.8, 4) is 0 Å². The number of rotatable bonds is 18. The van der Waals surface area contributed by atoms with Gasteiger partial charge in [-0.15, -0.1) is 0 Å². The molecule has 39 heavy (non-hydrogen) atoms. The fourth-order valence-electron chi connectivity index (χ4n) is 4.94. The van der Waals surface area contributed by atoms with Crippen LogP contribution in [0.25, 0.3) is 0 Å². The van der Waals surface area contributed by atoms with Gasteiger partial charge in [0.25, 0.3) is 5.97 Å². The smallest absolute Gasteiger partial charge is 0.292 e. The molecule has 1 aliphatic rings. The second-order valence-electron chi connectivity index (χ2n) is 13.8. The van der Waals surface area contributed by atoms with Crippen LogP contribution in [-0.2, 0) is 22.9 Å². The van der Waals surface area contributed by atoms with Gasteiger partial charge in [0.2, 0.25) is 8.32 Å². The zero-order valence-electron chi connectivity index (χ0n) is 27.0. The lowest BCUT2D eigenvalue weighted by atomic mass is 9.89. The number of hydrogen-bond acceptors (Lipinski definition) is 6. The Morgan fingerprint density at radius 1 is 0.974 bits per heavy atom. The molecule has 4 atom stereocenters. The SMILES string of the molecule is CCCCC[C@@H](/C=C/[C@H]1[C@H](O[Si](C)(C)C)C/C(=N/OC)[C@@H]1C/C=C\CCCC(=O)O[Si](C)(C)C)O[Si](C)(C)C. The van der Waals surface area contributed by atoms with Crippen LogP contribution in [0.3, 0.4) is 0 Å². The van der Waals surface area contributed by atoms with Crippen LogP contribution in [0.15, 0.2) is 29.5 Å². The second kappa shape index (κ2) is 17.1. The molecule has 0 heterocycles. The van der Waals surface area contributed by atoms with Crippen LogP contribution in [-0.4, -0.2) is 56.0 Å². The summed E-state index contributed by atoms with van der Waals surface area (Å²) in [5.74, 6) is 0.373. The molecule has 0 unspecified atom stereocenters. The standard InChI is InChI=1S/C30H59NO5Si3/c1-12-13-16-19-25(34-37(3,4)5)22-23-27-26(28(31-33-2)24-29(27)35-38(6,7)8)20-17-14-15-18-21-30(32)36-39(9,10)11/h14,17,22-23,25-27,29H,12-13,15-16,18-21,24H2,1-11H3/b17-14-,23-22+,31-28-/t25-,26+,27+,29+/m0/s1. The summed E-state index contributed by atoms with van der Waals surface area (Å²) in [6.45, 7) is 21.9. The predicted octanol–water partition coefficient (Wildman–Crippen LogP) is 8.70. The molecule has 1 aliphatic carbocycles. The van der Waals surface area contributed by atoms with E-state index in [0.717, 1.165) is 37.8 Å². The Bertz CT molecular complexity index is 809. The molecule has 0 radical (unpaired) electrons. The molecular weight excluding hydrogens is 539 g/mol. The third kappa shape index (κ3) is 16.8. The molecule has 0 spiro atoms. The van der Waals surface area contributed by atoms with Crippen molar-refractivity contribution >= 4 is 36.6 Å². The van der Waals surface area contributed by atoms with Gasteiger partial charge in [0, 0.05) is 24.7 Å². The molecule has 226 valence electrons. The molecule has 6 nitrogen and oxygen atoms in total. The van der Waals surface area contributed by atoms with E-state index in [9.17, 15) is 4.79 Å². The highest BCUT2D eigenvalue weighted by Gasteiger charge is 2.42. The molecule has 0 aromatic carbocycles. The van der Waals surface area contributed by atoms with Crippen LogP contribution in [0.4, 0.5) is 0 Å². The zero-order valence-corrected chi connectivity index (χ0v) is 30.0. The summed E-state index contributed by atoms with van der Waals surface area (Å²) in [7, 11) is -3.62. The van der Waals surface area contributed by atoms with E-state index in [0.29, 0.717) is 6.42 Å². The van der Waals surface area contributed by atoms with Gasteiger partial charge in [-0.25, -0.2) is 0 Å². The molecular formula is C30H59NO5Si3. The summed E-state index contributed by atoms with van der Waals surface area (Å²) in [6.07, 6.45) is 17.9. The Morgan fingerprint density at radius 2 is 1.67 bits per heavy atom. The molecule has 0 aromatic heterocycles. The minimum Gasteiger partial charge on any atom is -0.520 e. The maximum absolute atomic E-state index is 12.0. The number of carbonyl (C=O) groups is 1. The molecule has 1 rings (SSSR count). The van der Waals surface area contributed by atoms with Crippen molar-refractivity contribution in [3.05, 3.63) is 24.3 Å². The minimum absolute atomic E-state index is 0.0709. The van der Waals surface area contributed by atoms with E-state index in [2.05, 4.69) is 75.7 Å². The Balaban J connectivity index is 3.03.